The minimum absolute atomic E-state index is 0.176. The third-order valence-electron chi connectivity index (χ3n) is 5.93. The van der Waals surface area contributed by atoms with Crippen molar-refractivity contribution in [2.24, 2.45) is 11.8 Å². The van der Waals surface area contributed by atoms with E-state index in [0.717, 1.165) is 25.9 Å². The molecule has 0 aliphatic carbocycles. The zero-order valence-corrected chi connectivity index (χ0v) is 16.3. The highest BCUT2D eigenvalue weighted by atomic mass is 32.2. The van der Waals surface area contributed by atoms with Gasteiger partial charge >= 0.3 is 0 Å². The van der Waals surface area contributed by atoms with E-state index in [0.29, 0.717) is 29.7 Å². The molecule has 2 amide bonds. The summed E-state index contributed by atoms with van der Waals surface area (Å²) < 4.78 is -0.539. The van der Waals surface area contributed by atoms with Crippen LogP contribution in [0.2, 0.25) is 0 Å². The van der Waals surface area contributed by atoms with Crippen LogP contribution in [0.4, 0.5) is 0 Å². The van der Waals surface area contributed by atoms with Crippen LogP contribution in [-0.4, -0.2) is 57.3 Å². The molecule has 0 saturated carbocycles. The summed E-state index contributed by atoms with van der Waals surface area (Å²) in [6.07, 6.45) is 2.17. The van der Waals surface area contributed by atoms with Crippen molar-refractivity contribution in [2.75, 3.05) is 18.8 Å². The van der Waals surface area contributed by atoms with Crippen LogP contribution in [0.3, 0.4) is 0 Å². The highest BCUT2D eigenvalue weighted by Gasteiger charge is 2.40. The fourth-order valence-corrected chi connectivity index (χ4v) is 4.45. The van der Waals surface area contributed by atoms with Crippen LogP contribution in [0.5, 0.6) is 0 Å². The smallest absolute Gasteiger partial charge is 0.238 e. The molecule has 0 bridgehead atoms. The van der Waals surface area contributed by atoms with Gasteiger partial charge in [0.15, 0.2) is 0 Å². The van der Waals surface area contributed by atoms with E-state index in [1.54, 1.807) is 0 Å². The van der Waals surface area contributed by atoms with Crippen molar-refractivity contribution >= 4 is 23.6 Å². The minimum atomic E-state index is -0.539. The Bertz CT molecular complexity index is 466. The Morgan fingerprint density at radius 1 is 0.957 bits per heavy atom. The lowest BCUT2D eigenvalue weighted by Gasteiger charge is -2.33. The van der Waals surface area contributed by atoms with Crippen molar-refractivity contribution in [3.8, 4) is 0 Å². The van der Waals surface area contributed by atoms with Crippen LogP contribution in [-0.2, 0) is 9.59 Å². The lowest BCUT2D eigenvalue weighted by molar-refractivity contribution is -0.133. The molecule has 0 aromatic heterocycles. The van der Waals surface area contributed by atoms with E-state index in [9.17, 15) is 9.59 Å². The number of carbonyl (C=O) groups is 2. The molecular weight excluding hydrogens is 308 g/mol. The molecule has 2 heterocycles. The molecule has 23 heavy (non-hydrogen) atoms. The first kappa shape index (κ1) is 18.6. The van der Waals surface area contributed by atoms with Gasteiger partial charge in [0.25, 0.3) is 0 Å². The SMILES string of the molecule is C[C@@H]1CCN(C(=O)CSC(C)(C)C(=O)N2CC[C@H](C)[C@H]2C)[C@@H]1C. The van der Waals surface area contributed by atoms with E-state index in [1.807, 2.05) is 23.6 Å². The normalized spacial score (nSPS) is 31.7. The lowest BCUT2D eigenvalue weighted by Crippen LogP contribution is -2.46. The van der Waals surface area contributed by atoms with Gasteiger partial charge in [0.05, 0.1) is 10.5 Å². The lowest BCUT2D eigenvalue weighted by atomic mass is 10.0. The Morgan fingerprint density at radius 3 is 1.87 bits per heavy atom. The molecule has 2 aliphatic heterocycles. The molecule has 0 aromatic carbocycles. The van der Waals surface area contributed by atoms with Crippen LogP contribution in [0, 0.1) is 11.8 Å². The number of hydrogen-bond donors (Lipinski definition) is 0. The first-order valence-corrected chi connectivity index (χ1v) is 9.88. The minimum Gasteiger partial charge on any atom is -0.339 e. The third-order valence-corrected chi connectivity index (χ3v) is 7.22. The van der Waals surface area contributed by atoms with Gasteiger partial charge in [0.2, 0.25) is 11.8 Å². The van der Waals surface area contributed by atoms with E-state index in [1.165, 1.54) is 11.8 Å². The van der Waals surface area contributed by atoms with Gasteiger partial charge < -0.3 is 9.80 Å². The molecule has 0 N–H and O–H groups in total. The molecule has 5 heteroatoms. The van der Waals surface area contributed by atoms with Crippen molar-refractivity contribution in [1.29, 1.82) is 0 Å². The van der Waals surface area contributed by atoms with E-state index >= 15 is 0 Å². The summed E-state index contributed by atoms with van der Waals surface area (Å²) in [5, 5.41) is 0. The molecule has 4 atom stereocenters. The number of nitrogens with zero attached hydrogens (tertiary/aromatic N) is 2. The summed E-state index contributed by atoms with van der Waals surface area (Å²) >= 11 is 1.49. The van der Waals surface area contributed by atoms with Crippen molar-refractivity contribution in [3.05, 3.63) is 0 Å². The second-order valence-corrected chi connectivity index (χ2v) is 9.50. The van der Waals surface area contributed by atoms with Crippen molar-refractivity contribution in [1.82, 2.24) is 9.80 Å². The standard InChI is InChI=1S/C18H32N2O2S/c1-12-7-9-19(14(12)3)16(21)11-23-18(5,6)17(22)20-10-8-13(2)15(20)4/h12-15H,7-11H2,1-6H3/t12-,13+,14-,15-/m1/s1. The second-order valence-electron chi connectivity index (χ2n) is 7.90. The van der Waals surface area contributed by atoms with E-state index in [4.69, 9.17) is 0 Å². The summed E-state index contributed by atoms with van der Waals surface area (Å²) in [4.78, 5) is 29.3. The van der Waals surface area contributed by atoms with Gasteiger partial charge in [-0.1, -0.05) is 13.8 Å². The van der Waals surface area contributed by atoms with Crippen molar-refractivity contribution in [2.45, 2.75) is 71.2 Å². The van der Waals surface area contributed by atoms with Gasteiger partial charge in [0.1, 0.15) is 0 Å². The summed E-state index contributed by atoms with van der Waals surface area (Å²) in [5.74, 6) is 1.89. The van der Waals surface area contributed by atoms with Gasteiger partial charge in [-0.25, -0.2) is 0 Å². The number of amides is 2. The van der Waals surface area contributed by atoms with Crippen LogP contribution in [0.25, 0.3) is 0 Å². The van der Waals surface area contributed by atoms with Crippen LogP contribution in [0.15, 0.2) is 0 Å². The molecule has 2 rings (SSSR count). The predicted molar refractivity (Wildman–Crippen MR) is 96.4 cm³/mol. The van der Waals surface area contributed by atoms with Gasteiger partial charge in [-0.3, -0.25) is 9.59 Å². The fourth-order valence-electron chi connectivity index (χ4n) is 3.56. The first-order valence-electron chi connectivity index (χ1n) is 8.89. The predicted octanol–water partition coefficient (Wildman–Crippen LogP) is 3.01. The highest BCUT2D eigenvalue weighted by molar-refractivity contribution is 8.02. The monoisotopic (exact) mass is 340 g/mol. The Kier molecular flexibility index (Phi) is 5.70. The molecule has 0 aromatic rings. The maximum Gasteiger partial charge on any atom is 0.238 e. The molecule has 132 valence electrons. The Balaban J connectivity index is 1.91. The molecule has 2 aliphatic rings. The number of carbonyl (C=O) groups excluding carboxylic acids is 2. The third kappa shape index (κ3) is 3.86. The van der Waals surface area contributed by atoms with E-state index in [2.05, 4.69) is 27.7 Å². The number of hydrogen-bond acceptors (Lipinski definition) is 3. The van der Waals surface area contributed by atoms with Crippen LogP contribution in [0.1, 0.15) is 54.4 Å². The van der Waals surface area contributed by atoms with E-state index in [-0.39, 0.29) is 11.8 Å². The Hall–Kier alpha value is -0.710. The average Bonchev–Trinajstić information content (AvgIpc) is 3.00. The van der Waals surface area contributed by atoms with Crippen molar-refractivity contribution in [3.63, 3.8) is 0 Å². The topological polar surface area (TPSA) is 40.6 Å². The molecule has 0 spiro atoms. The Labute approximate surface area is 145 Å². The van der Waals surface area contributed by atoms with E-state index < -0.39 is 4.75 Å². The highest BCUT2D eigenvalue weighted by Crippen LogP contribution is 2.33. The molecular formula is C18H32N2O2S. The zero-order valence-electron chi connectivity index (χ0n) is 15.5. The summed E-state index contributed by atoms with van der Waals surface area (Å²) in [5.41, 5.74) is 0. The van der Waals surface area contributed by atoms with Gasteiger partial charge in [0, 0.05) is 25.2 Å². The molecule has 2 fully saturated rings. The first-order chi connectivity index (χ1) is 10.6. The summed E-state index contributed by atoms with van der Waals surface area (Å²) in [7, 11) is 0. The van der Waals surface area contributed by atoms with Crippen LogP contribution < -0.4 is 0 Å². The number of thioether (sulfide) groups is 1. The summed E-state index contributed by atoms with van der Waals surface area (Å²) in [6.45, 7) is 14.3. The number of rotatable bonds is 4. The Morgan fingerprint density at radius 2 is 1.43 bits per heavy atom. The zero-order chi connectivity index (χ0) is 17.4. The second kappa shape index (κ2) is 7.04. The molecule has 2 saturated heterocycles. The molecule has 0 unspecified atom stereocenters. The average molecular weight is 341 g/mol. The fraction of sp³-hybridized carbons (Fsp3) is 0.889. The maximum atomic E-state index is 12.9. The van der Waals surface area contributed by atoms with Crippen molar-refractivity contribution < 1.29 is 9.59 Å². The quantitative estimate of drug-likeness (QED) is 0.790. The van der Waals surface area contributed by atoms with Gasteiger partial charge in [-0.05, 0) is 52.4 Å². The molecule has 0 radical (unpaired) electrons. The maximum absolute atomic E-state index is 12.9. The van der Waals surface area contributed by atoms with Gasteiger partial charge in [-0.2, -0.15) is 0 Å². The molecule has 4 nitrogen and oxygen atoms in total. The number of likely N-dealkylation sites (tertiary alicyclic amines) is 2. The largest absolute Gasteiger partial charge is 0.339 e. The van der Waals surface area contributed by atoms with Crippen LogP contribution >= 0.6 is 11.8 Å². The van der Waals surface area contributed by atoms with Gasteiger partial charge in [-0.15, -0.1) is 11.8 Å². The summed E-state index contributed by atoms with van der Waals surface area (Å²) in [6, 6.07) is 0.624.